The Morgan fingerprint density at radius 3 is 2.09 bits per heavy atom. The van der Waals surface area contributed by atoms with E-state index in [-0.39, 0.29) is 5.92 Å². The lowest BCUT2D eigenvalue weighted by Crippen LogP contribution is -2.54. The van der Waals surface area contributed by atoms with Crippen LogP contribution in [0.3, 0.4) is 0 Å². The maximum Gasteiger partial charge on any atom is 0.186 e. The topological polar surface area (TPSA) is 54.4 Å². The first-order valence-electron chi connectivity index (χ1n) is 9.06. The molecule has 3 nitrogen and oxygen atoms in total. The second-order valence-corrected chi connectivity index (χ2v) is 9.58. The van der Waals surface area contributed by atoms with Gasteiger partial charge in [-0.05, 0) is 43.7 Å². The van der Waals surface area contributed by atoms with Crippen LogP contribution in [0, 0.1) is 5.92 Å². The number of hydrogen-bond acceptors (Lipinski definition) is 3. The predicted octanol–water partition coefficient (Wildman–Crippen LogP) is 4.10. The Bertz CT molecular complexity index is 597. The van der Waals surface area contributed by atoms with Gasteiger partial charge < -0.3 is 5.11 Å². The lowest BCUT2D eigenvalue weighted by Gasteiger charge is -2.44. The third-order valence-electron chi connectivity index (χ3n) is 5.92. The fourth-order valence-electron chi connectivity index (χ4n) is 4.59. The van der Waals surface area contributed by atoms with Crippen molar-refractivity contribution in [2.24, 2.45) is 5.92 Å². The Labute approximate surface area is 140 Å². The lowest BCUT2D eigenvalue weighted by molar-refractivity contribution is 0.0319. The first-order valence-corrected chi connectivity index (χ1v) is 10.5. The molecule has 2 saturated carbocycles. The molecule has 128 valence electrons. The summed E-state index contributed by atoms with van der Waals surface area (Å²) in [6, 6.07) is 8.75. The van der Waals surface area contributed by atoms with E-state index in [1.165, 1.54) is 6.42 Å². The second kappa shape index (κ2) is 6.94. The van der Waals surface area contributed by atoms with Gasteiger partial charge in [-0.3, -0.25) is 0 Å². The van der Waals surface area contributed by atoms with Crippen molar-refractivity contribution in [2.45, 2.75) is 80.0 Å². The van der Waals surface area contributed by atoms with Crippen molar-refractivity contribution in [3.63, 3.8) is 0 Å². The van der Waals surface area contributed by atoms with E-state index >= 15 is 0 Å². The van der Waals surface area contributed by atoms with Crippen LogP contribution in [-0.4, -0.2) is 24.4 Å². The minimum Gasteiger partial charge on any atom is -0.391 e. The molecular formula is C19H28O3S. The standard InChI is InChI=1S/C19H28O3S/c20-18(16-10-4-1-5-11-16)19(14-8-3-9-15-19)23(21,22)17-12-6-2-7-13-17/h2,6-7,12-13,16,18,20H,1,3-5,8-11,14-15H2. The van der Waals surface area contributed by atoms with E-state index in [0.29, 0.717) is 17.7 Å². The first-order chi connectivity index (χ1) is 11.1. The molecular weight excluding hydrogens is 308 g/mol. The van der Waals surface area contributed by atoms with Crippen molar-refractivity contribution in [2.75, 3.05) is 0 Å². The van der Waals surface area contributed by atoms with E-state index < -0.39 is 20.7 Å². The number of aliphatic hydroxyl groups excluding tert-OH is 1. The maximum absolute atomic E-state index is 13.4. The molecule has 0 bridgehead atoms. The van der Waals surface area contributed by atoms with Crippen LogP contribution >= 0.6 is 0 Å². The molecule has 0 spiro atoms. The van der Waals surface area contributed by atoms with Gasteiger partial charge in [0.15, 0.2) is 9.84 Å². The minimum absolute atomic E-state index is 0.139. The molecule has 1 N–H and O–H groups in total. The largest absolute Gasteiger partial charge is 0.391 e. The van der Waals surface area contributed by atoms with E-state index in [9.17, 15) is 13.5 Å². The Morgan fingerprint density at radius 2 is 1.48 bits per heavy atom. The summed E-state index contributed by atoms with van der Waals surface area (Å²) in [6.07, 6.45) is 8.71. The van der Waals surface area contributed by atoms with Gasteiger partial charge in [-0.15, -0.1) is 0 Å². The zero-order valence-corrected chi connectivity index (χ0v) is 14.6. The summed E-state index contributed by atoms with van der Waals surface area (Å²) in [6.45, 7) is 0. The van der Waals surface area contributed by atoms with Crippen LogP contribution in [-0.2, 0) is 9.84 Å². The van der Waals surface area contributed by atoms with Gasteiger partial charge in [-0.2, -0.15) is 0 Å². The predicted molar refractivity (Wildman–Crippen MR) is 92.0 cm³/mol. The monoisotopic (exact) mass is 336 g/mol. The zero-order chi connectivity index (χ0) is 16.3. The summed E-state index contributed by atoms with van der Waals surface area (Å²) >= 11 is 0. The van der Waals surface area contributed by atoms with E-state index in [0.717, 1.165) is 44.9 Å². The molecule has 2 fully saturated rings. The van der Waals surface area contributed by atoms with Crippen LogP contribution in [0.2, 0.25) is 0 Å². The van der Waals surface area contributed by atoms with E-state index in [2.05, 4.69) is 0 Å². The fraction of sp³-hybridized carbons (Fsp3) is 0.684. The summed E-state index contributed by atoms with van der Waals surface area (Å²) in [4.78, 5) is 0.372. The number of benzene rings is 1. The third-order valence-corrected chi connectivity index (χ3v) is 8.54. The summed E-state index contributed by atoms with van der Waals surface area (Å²) in [5.74, 6) is 0.139. The molecule has 3 rings (SSSR count). The van der Waals surface area contributed by atoms with E-state index in [1.54, 1.807) is 24.3 Å². The SMILES string of the molecule is O=S(=O)(c1ccccc1)C1(C(O)C2CCCCC2)CCCCC1. The zero-order valence-electron chi connectivity index (χ0n) is 13.8. The Morgan fingerprint density at radius 1 is 0.913 bits per heavy atom. The summed E-state index contributed by atoms with van der Waals surface area (Å²) in [5, 5.41) is 11.2. The molecule has 4 heteroatoms. The molecule has 1 aromatic rings. The Balaban J connectivity index is 1.99. The lowest BCUT2D eigenvalue weighted by atomic mass is 9.75. The molecule has 0 aromatic heterocycles. The van der Waals surface area contributed by atoms with Crippen LogP contribution in [0.1, 0.15) is 64.2 Å². The highest BCUT2D eigenvalue weighted by Crippen LogP contribution is 2.45. The van der Waals surface area contributed by atoms with Gasteiger partial charge in [0.05, 0.1) is 11.0 Å². The van der Waals surface area contributed by atoms with Crippen molar-refractivity contribution in [1.29, 1.82) is 0 Å². The van der Waals surface area contributed by atoms with Crippen molar-refractivity contribution in [3.05, 3.63) is 30.3 Å². The van der Waals surface area contributed by atoms with Crippen LogP contribution in [0.4, 0.5) is 0 Å². The molecule has 2 aliphatic carbocycles. The fourth-order valence-corrected chi connectivity index (χ4v) is 6.91. The molecule has 0 heterocycles. The smallest absolute Gasteiger partial charge is 0.186 e. The highest BCUT2D eigenvalue weighted by molar-refractivity contribution is 7.93. The molecule has 1 atom stereocenters. The quantitative estimate of drug-likeness (QED) is 0.900. The van der Waals surface area contributed by atoms with Crippen molar-refractivity contribution >= 4 is 9.84 Å². The highest BCUT2D eigenvalue weighted by atomic mass is 32.2. The minimum atomic E-state index is -3.52. The Kier molecular flexibility index (Phi) is 5.12. The normalized spacial score (nSPS) is 24.2. The molecule has 2 aliphatic rings. The highest BCUT2D eigenvalue weighted by Gasteiger charge is 2.52. The van der Waals surface area contributed by atoms with Gasteiger partial charge in [0.2, 0.25) is 0 Å². The number of aliphatic hydroxyl groups is 1. The van der Waals surface area contributed by atoms with Gasteiger partial charge in [0.1, 0.15) is 4.75 Å². The number of rotatable bonds is 4. The second-order valence-electron chi connectivity index (χ2n) is 7.28. The Hall–Kier alpha value is -0.870. The average Bonchev–Trinajstić information content (AvgIpc) is 2.63. The average molecular weight is 336 g/mol. The summed E-state index contributed by atoms with van der Waals surface area (Å²) in [7, 11) is -3.52. The van der Waals surface area contributed by atoms with Crippen LogP contribution in [0.5, 0.6) is 0 Å². The molecule has 0 saturated heterocycles. The van der Waals surface area contributed by atoms with Crippen LogP contribution in [0.15, 0.2) is 35.2 Å². The number of hydrogen-bond donors (Lipinski definition) is 1. The molecule has 1 aromatic carbocycles. The first kappa shape index (κ1) is 17.0. The van der Waals surface area contributed by atoms with E-state index in [4.69, 9.17) is 0 Å². The van der Waals surface area contributed by atoms with Crippen molar-refractivity contribution in [3.8, 4) is 0 Å². The van der Waals surface area contributed by atoms with Gasteiger partial charge in [0, 0.05) is 0 Å². The molecule has 23 heavy (non-hydrogen) atoms. The molecule has 0 amide bonds. The summed E-state index contributed by atoms with van der Waals surface area (Å²) < 4.78 is 25.9. The summed E-state index contributed by atoms with van der Waals surface area (Å²) in [5.41, 5.74) is 0. The van der Waals surface area contributed by atoms with Gasteiger partial charge in [-0.1, -0.05) is 56.7 Å². The molecule has 0 radical (unpaired) electrons. The maximum atomic E-state index is 13.4. The third kappa shape index (κ3) is 3.08. The number of sulfone groups is 1. The molecule has 1 unspecified atom stereocenters. The van der Waals surface area contributed by atoms with Crippen LogP contribution < -0.4 is 0 Å². The van der Waals surface area contributed by atoms with Gasteiger partial charge in [0.25, 0.3) is 0 Å². The van der Waals surface area contributed by atoms with Crippen molar-refractivity contribution < 1.29 is 13.5 Å². The van der Waals surface area contributed by atoms with Gasteiger partial charge in [-0.25, -0.2) is 8.42 Å². The van der Waals surface area contributed by atoms with E-state index in [1.807, 2.05) is 6.07 Å². The molecule has 0 aliphatic heterocycles. The van der Waals surface area contributed by atoms with Crippen LogP contribution in [0.25, 0.3) is 0 Å². The van der Waals surface area contributed by atoms with Gasteiger partial charge >= 0.3 is 0 Å². The van der Waals surface area contributed by atoms with Crippen molar-refractivity contribution in [1.82, 2.24) is 0 Å².